The van der Waals surface area contributed by atoms with Crippen LogP contribution in [0.5, 0.6) is 0 Å². The number of imidazole rings is 1. The number of nitrogens with zero attached hydrogens (tertiary/aromatic N) is 1. The van der Waals surface area contributed by atoms with Gasteiger partial charge in [0, 0.05) is 17.0 Å². The molecule has 17 heavy (non-hydrogen) atoms. The van der Waals surface area contributed by atoms with Crippen molar-refractivity contribution in [2.24, 2.45) is 5.73 Å². The van der Waals surface area contributed by atoms with E-state index in [1.165, 1.54) is 0 Å². The van der Waals surface area contributed by atoms with E-state index < -0.39 is 0 Å². The summed E-state index contributed by atoms with van der Waals surface area (Å²) in [6, 6.07) is 6.16. The minimum atomic E-state index is 0.380. The highest BCUT2D eigenvalue weighted by Gasteiger charge is 2.22. The van der Waals surface area contributed by atoms with Gasteiger partial charge in [-0.25, -0.2) is 4.98 Å². The van der Waals surface area contributed by atoms with Crippen molar-refractivity contribution in [3.05, 3.63) is 29.0 Å². The SMILES string of the molecule is NC1CCC(c2nc3ccc(Cl)cc3[nH]2)CC1. The molecule has 3 nitrogen and oxygen atoms in total. The highest BCUT2D eigenvalue weighted by molar-refractivity contribution is 6.31. The van der Waals surface area contributed by atoms with Gasteiger partial charge in [0.05, 0.1) is 11.0 Å². The van der Waals surface area contributed by atoms with Crippen LogP contribution in [0.25, 0.3) is 11.0 Å². The number of hydrogen-bond acceptors (Lipinski definition) is 2. The van der Waals surface area contributed by atoms with Crippen LogP contribution in [-0.2, 0) is 0 Å². The Labute approximate surface area is 105 Å². The monoisotopic (exact) mass is 249 g/mol. The molecule has 0 unspecified atom stereocenters. The molecule has 1 aliphatic carbocycles. The maximum atomic E-state index is 5.97. The highest BCUT2D eigenvalue weighted by atomic mass is 35.5. The molecular weight excluding hydrogens is 234 g/mol. The molecule has 0 bridgehead atoms. The summed E-state index contributed by atoms with van der Waals surface area (Å²) in [5.74, 6) is 1.62. The molecule has 3 rings (SSSR count). The van der Waals surface area contributed by atoms with Gasteiger partial charge >= 0.3 is 0 Å². The van der Waals surface area contributed by atoms with Gasteiger partial charge in [-0.1, -0.05) is 11.6 Å². The Kier molecular flexibility index (Phi) is 2.81. The van der Waals surface area contributed by atoms with Gasteiger partial charge in [-0.05, 0) is 43.9 Å². The van der Waals surface area contributed by atoms with Crippen molar-refractivity contribution in [2.45, 2.75) is 37.6 Å². The summed E-state index contributed by atoms with van der Waals surface area (Å²) in [4.78, 5) is 8.03. The largest absolute Gasteiger partial charge is 0.342 e. The fourth-order valence-electron chi connectivity index (χ4n) is 2.59. The predicted octanol–water partition coefficient (Wildman–Crippen LogP) is 3.20. The first-order valence-corrected chi connectivity index (χ1v) is 6.51. The Balaban J connectivity index is 1.90. The van der Waals surface area contributed by atoms with Crippen molar-refractivity contribution in [3.8, 4) is 0 Å². The van der Waals surface area contributed by atoms with E-state index in [0.717, 1.165) is 47.6 Å². The number of rotatable bonds is 1. The van der Waals surface area contributed by atoms with Crippen molar-refractivity contribution in [1.82, 2.24) is 9.97 Å². The predicted molar refractivity (Wildman–Crippen MR) is 70.3 cm³/mol. The molecule has 1 heterocycles. The number of aromatic amines is 1. The van der Waals surface area contributed by atoms with Crippen LogP contribution in [0.15, 0.2) is 18.2 Å². The molecule has 1 saturated carbocycles. The molecular formula is C13H16ClN3. The number of fused-ring (bicyclic) bond motifs is 1. The zero-order valence-corrected chi connectivity index (χ0v) is 10.4. The first-order valence-electron chi connectivity index (χ1n) is 6.13. The lowest BCUT2D eigenvalue weighted by atomic mass is 9.86. The molecule has 0 spiro atoms. The van der Waals surface area contributed by atoms with Gasteiger partial charge in [0.2, 0.25) is 0 Å². The Bertz CT molecular complexity index is 526. The third kappa shape index (κ3) is 2.17. The maximum absolute atomic E-state index is 5.97. The average Bonchev–Trinajstić information content (AvgIpc) is 2.72. The van der Waals surface area contributed by atoms with Gasteiger partial charge < -0.3 is 10.7 Å². The van der Waals surface area contributed by atoms with Gasteiger partial charge in [0.15, 0.2) is 0 Å². The average molecular weight is 250 g/mol. The van der Waals surface area contributed by atoms with Gasteiger partial charge in [0.1, 0.15) is 5.82 Å². The molecule has 0 saturated heterocycles. The van der Waals surface area contributed by atoms with E-state index >= 15 is 0 Å². The lowest BCUT2D eigenvalue weighted by Gasteiger charge is -2.24. The van der Waals surface area contributed by atoms with Gasteiger partial charge in [0.25, 0.3) is 0 Å². The molecule has 0 aliphatic heterocycles. The molecule has 2 aromatic rings. The van der Waals surface area contributed by atoms with Crippen molar-refractivity contribution < 1.29 is 0 Å². The Hall–Kier alpha value is -1.06. The van der Waals surface area contributed by atoms with E-state index in [2.05, 4.69) is 9.97 Å². The molecule has 0 amide bonds. The topological polar surface area (TPSA) is 54.7 Å². The number of H-pyrrole nitrogens is 1. The quantitative estimate of drug-likeness (QED) is 0.816. The fourth-order valence-corrected chi connectivity index (χ4v) is 2.76. The second kappa shape index (κ2) is 4.31. The standard InChI is InChI=1S/C13H16ClN3/c14-9-3-6-11-12(7-9)17-13(16-11)8-1-4-10(15)5-2-8/h3,6-8,10H,1-2,4-5,15H2,(H,16,17). The van der Waals surface area contributed by atoms with Crippen molar-refractivity contribution >= 4 is 22.6 Å². The van der Waals surface area contributed by atoms with Gasteiger partial charge in [-0.15, -0.1) is 0 Å². The summed E-state index contributed by atoms with van der Waals surface area (Å²) < 4.78 is 0. The van der Waals surface area contributed by atoms with Crippen LogP contribution in [0.2, 0.25) is 5.02 Å². The summed E-state index contributed by atoms with van der Waals surface area (Å²) in [5, 5.41) is 0.748. The Morgan fingerprint density at radius 3 is 2.76 bits per heavy atom. The van der Waals surface area contributed by atoms with Gasteiger partial charge in [-0.3, -0.25) is 0 Å². The summed E-state index contributed by atoms with van der Waals surface area (Å²) in [5.41, 5.74) is 7.95. The highest BCUT2D eigenvalue weighted by Crippen LogP contribution is 2.31. The minimum Gasteiger partial charge on any atom is -0.342 e. The number of nitrogens with one attached hydrogen (secondary N) is 1. The minimum absolute atomic E-state index is 0.380. The van der Waals surface area contributed by atoms with Gasteiger partial charge in [-0.2, -0.15) is 0 Å². The van der Waals surface area contributed by atoms with Crippen LogP contribution < -0.4 is 5.73 Å². The number of hydrogen-bond donors (Lipinski definition) is 2. The second-order valence-electron chi connectivity index (χ2n) is 4.90. The third-order valence-electron chi connectivity index (χ3n) is 3.62. The third-order valence-corrected chi connectivity index (χ3v) is 3.86. The van der Waals surface area contributed by atoms with Crippen molar-refractivity contribution in [2.75, 3.05) is 0 Å². The smallest absolute Gasteiger partial charge is 0.110 e. The lowest BCUT2D eigenvalue weighted by molar-refractivity contribution is 0.386. The molecule has 1 aliphatic rings. The normalized spacial score (nSPS) is 25.3. The van der Waals surface area contributed by atoms with E-state index in [-0.39, 0.29) is 0 Å². The van der Waals surface area contributed by atoms with Crippen LogP contribution in [0.4, 0.5) is 0 Å². The van der Waals surface area contributed by atoms with Crippen LogP contribution in [0.3, 0.4) is 0 Å². The van der Waals surface area contributed by atoms with E-state index in [4.69, 9.17) is 17.3 Å². The second-order valence-corrected chi connectivity index (χ2v) is 5.33. The van der Waals surface area contributed by atoms with Crippen molar-refractivity contribution in [1.29, 1.82) is 0 Å². The molecule has 0 radical (unpaired) electrons. The Morgan fingerprint density at radius 2 is 2.00 bits per heavy atom. The first-order chi connectivity index (χ1) is 8.22. The first kappa shape index (κ1) is 11.1. The zero-order valence-electron chi connectivity index (χ0n) is 9.62. The number of halogens is 1. The number of benzene rings is 1. The van der Waals surface area contributed by atoms with Crippen LogP contribution in [-0.4, -0.2) is 16.0 Å². The van der Waals surface area contributed by atoms with Crippen LogP contribution in [0.1, 0.15) is 37.4 Å². The number of aromatic nitrogens is 2. The van der Waals surface area contributed by atoms with Crippen LogP contribution >= 0.6 is 11.6 Å². The molecule has 1 aromatic carbocycles. The Morgan fingerprint density at radius 1 is 1.24 bits per heavy atom. The molecule has 0 atom stereocenters. The van der Waals surface area contributed by atoms with E-state index in [1.54, 1.807) is 0 Å². The summed E-state index contributed by atoms with van der Waals surface area (Å²) in [6.45, 7) is 0. The summed E-state index contributed by atoms with van der Waals surface area (Å²) in [7, 11) is 0. The van der Waals surface area contributed by atoms with Crippen molar-refractivity contribution in [3.63, 3.8) is 0 Å². The lowest BCUT2D eigenvalue weighted by Crippen LogP contribution is -2.26. The molecule has 4 heteroatoms. The van der Waals surface area contributed by atoms with Crippen LogP contribution in [0, 0.1) is 0 Å². The number of nitrogens with two attached hydrogens (primary N) is 1. The molecule has 3 N–H and O–H groups in total. The van der Waals surface area contributed by atoms with E-state index in [9.17, 15) is 0 Å². The summed E-state index contributed by atoms with van der Waals surface area (Å²) in [6.07, 6.45) is 4.47. The zero-order chi connectivity index (χ0) is 11.8. The van der Waals surface area contributed by atoms with E-state index in [1.807, 2.05) is 18.2 Å². The molecule has 1 aromatic heterocycles. The molecule has 90 valence electrons. The fraction of sp³-hybridized carbons (Fsp3) is 0.462. The summed E-state index contributed by atoms with van der Waals surface area (Å²) >= 11 is 5.97. The maximum Gasteiger partial charge on any atom is 0.110 e. The van der Waals surface area contributed by atoms with E-state index in [0.29, 0.717) is 12.0 Å². The molecule has 1 fully saturated rings.